The predicted molar refractivity (Wildman–Crippen MR) is 211 cm³/mol. The lowest BCUT2D eigenvalue weighted by Crippen LogP contribution is -2.32. The normalized spacial score (nSPS) is 13.4. The van der Waals surface area contributed by atoms with Crippen LogP contribution in [0.1, 0.15) is 22.3 Å². The molecule has 0 bridgehead atoms. The maximum atomic E-state index is 7.06. The van der Waals surface area contributed by atoms with E-state index in [0.717, 1.165) is 45.0 Å². The Morgan fingerprint density at radius 1 is 0.451 bits per heavy atom. The number of para-hydroxylation sites is 1. The molecular formula is C48H29NOS. The number of ether oxygens (including phenoxy) is 1. The van der Waals surface area contributed by atoms with Crippen LogP contribution in [0.4, 0.5) is 0 Å². The molecule has 0 N–H and O–H groups in total. The summed E-state index contributed by atoms with van der Waals surface area (Å²) in [5.41, 5.74) is 13.5. The number of aromatic nitrogens is 1. The number of rotatable bonds is 3. The van der Waals surface area contributed by atoms with Gasteiger partial charge in [-0.1, -0.05) is 152 Å². The molecule has 2 nitrogen and oxygen atoms in total. The highest BCUT2D eigenvalue weighted by atomic mass is 32.1. The first-order valence-corrected chi connectivity index (χ1v) is 18.2. The Morgan fingerprint density at radius 3 is 1.80 bits per heavy atom. The van der Waals surface area contributed by atoms with Gasteiger partial charge >= 0.3 is 0 Å². The molecule has 51 heavy (non-hydrogen) atoms. The number of hydrogen-bond acceptors (Lipinski definition) is 3. The van der Waals surface area contributed by atoms with Gasteiger partial charge in [0.2, 0.25) is 0 Å². The first-order valence-electron chi connectivity index (χ1n) is 17.4. The minimum atomic E-state index is -0.492. The van der Waals surface area contributed by atoms with Crippen LogP contribution in [0.5, 0.6) is 11.5 Å². The van der Waals surface area contributed by atoms with E-state index in [-0.39, 0.29) is 0 Å². The summed E-state index contributed by atoms with van der Waals surface area (Å²) in [6.45, 7) is 0. The quantitative estimate of drug-likeness (QED) is 0.187. The molecule has 11 rings (SSSR count). The standard InChI is InChI=1S/C48H29NOS/c1-3-14-30(15-4-1)32-28-41(31-16-5-2-6-17-31)49-42(29-32)35-20-13-21-36-45-44(51-47(35)36)27-26-40-46(45)50-43-25-12-11-24-39(43)48(40)37-22-9-7-18-33(37)34-19-8-10-23-38(34)48/h1-29H. The summed E-state index contributed by atoms with van der Waals surface area (Å²) in [5, 5.41) is 2.35. The van der Waals surface area contributed by atoms with Gasteiger partial charge in [-0.15, -0.1) is 11.3 Å². The van der Waals surface area contributed by atoms with E-state index in [1.807, 2.05) is 11.3 Å². The summed E-state index contributed by atoms with van der Waals surface area (Å²) >= 11 is 1.82. The summed E-state index contributed by atoms with van der Waals surface area (Å²) < 4.78 is 9.48. The van der Waals surface area contributed by atoms with E-state index in [0.29, 0.717) is 0 Å². The van der Waals surface area contributed by atoms with Gasteiger partial charge < -0.3 is 4.74 Å². The minimum absolute atomic E-state index is 0.492. The number of hydrogen-bond donors (Lipinski definition) is 0. The molecule has 0 saturated heterocycles. The van der Waals surface area contributed by atoms with Crippen LogP contribution in [-0.2, 0) is 5.41 Å². The number of fused-ring (bicyclic) bond motifs is 13. The van der Waals surface area contributed by atoms with Crippen molar-refractivity contribution in [2.75, 3.05) is 0 Å². The maximum Gasteiger partial charge on any atom is 0.141 e. The molecule has 0 saturated carbocycles. The van der Waals surface area contributed by atoms with E-state index in [2.05, 4.69) is 176 Å². The Balaban J connectivity index is 1.19. The highest BCUT2D eigenvalue weighted by Crippen LogP contribution is 2.63. The number of thiophene rings is 1. The van der Waals surface area contributed by atoms with Gasteiger partial charge in [0.15, 0.2) is 0 Å². The molecule has 238 valence electrons. The van der Waals surface area contributed by atoms with Crippen LogP contribution in [0.3, 0.4) is 0 Å². The molecular weight excluding hydrogens is 639 g/mol. The largest absolute Gasteiger partial charge is 0.456 e. The smallest absolute Gasteiger partial charge is 0.141 e. The van der Waals surface area contributed by atoms with Gasteiger partial charge in [0.05, 0.1) is 16.8 Å². The Bertz CT molecular complexity index is 2730. The zero-order valence-electron chi connectivity index (χ0n) is 27.5. The van der Waals surface area contributed by atoms with Crippen molar-refractivity contribution in [3.05, 3.63) is 198 Å². The summed E-state index contributed by atoms with van der Waals surface area (Å²) in [6, 6.07) is 63.2. The van der Waals surface area contributed by atoms with Gasteiger partial charge in [0.1, 0.15) is 11.5 Å². The molecule has 2 aromatic heterocycles. The fraction of sp³-hybridized carbons (Fsp3) is 0.0208. The highest BCUT2D eigenvalue weighted by molar-refractivity contribution is 7.26. The number of benzene rings is 7. The highest BCUT2D eigenvalue weighted by Gasteiger charge is 2.51. The fourth-order valence-electron chi connectivity index (χ4n) is 8.62. The van der Waals surface area contributed by atoms with Crippen molar-refractivity contribution < 1.29 is 4.74 Å². The Morgan fingerprint density at radius 2 is 1.06 bits per heavy atom. The van der Waals surface area contributed by atoms with Crippen molar-refractivity contribution in [3.63, 3.8) is 0 Å². The molecule has 0 radical (unpaired) electrons. The van der Waals surface area contributed by atoms with Crippen molar-refractivity contribution in [2.45, 2.75) is 5.41 Å². The summed E-state index contributed by atoms with van der Waals surface area (Å²) in [4.78, 5) is 5.32. The molecule has 2 aliphatic rings. The lowest BCUT2D eigenvalue weighted by molar-refractivity contribution is 0.442. The van der Waals surface area contributed by atoms with E-state index in [1.54, 1.807) is 0 Å². The summed E-state index contributed by atoms with van der Waals surface area (Å²) in [7, 11) is 0. The zero-order valence-corrected chi connectivity index (χ0v) is 28.3. The summed E-state index contributed by atoms with van der Waals surface area (Å²) in [6.07, 6.45) is 0. The molecule has 7 aromatic carbocycles. The van der Waals surface area contributed by atoms with Crippen LogP contribution in [0, 0.1) is 0 Å². The van der Waals surface area contributed by atoms with Crippen LogP contribution in [-0.4, -0.2) is 4.98 Å². The molecule has 1 aliphatic heterocycles. The summed E-state index contributed by atoms with van der Waals surface area (Å²) in [5.74, 6) is 1.85. The Kier molecular flexibility index (Phi) is 6.07. The predicted octanol–water partition coefficient (Wildman–Crippen LogP) is 12.9. The van der Waals surface area contributed by atoms with Gasteiger partial charge in [-0.25, -0.2) is 4.98 Å². The zero-order chi connectivity index (χ0) is 33.5. The van der Waals surface area contributed by atoms with Crippen molar-refractivity contribution in [1.82, 2.24) is 4.98 Å². The monoisotopic (exact) mass is 667 g/mol. The van der Waals surface area contributed by atoms with Crippen LogP contribution in [0.25, 0.3) is 64.9 Å². The molecule has 0 unspecified atom stereocenters. The van der Waals surface area contributed by atoms with Crippen molar-refractivity contribution >= 4 is 31.5 Å². The Hall–Kier alpha value is -6.29. The van der Waals surface area contributed by atoms with Gasteiger partial charge in [0.25, 0.3) is 0 Å². The van der Waals surface area contributed by atoms with E-state index in [4.69, 9.17) is 9.72 Å². The number of nitrogens with zero attached hydrogens (tertiary/aromatic N) is 1. The van der Waals surface area contributed by atoms with Crippen molar-refractivity contribution in [1.29, 1.82) is 0 Å². The number of pyridine rings is 1. The maximum absolute atomic E-state index is 7.06. The second-order valence-corrected chi connectivity index (χ2v) is 14.4. The van der Waals surface area contributed by atoms with Crippen LogP contribution < -0.4 is 4.74 Å². The first kappa shape index (κ1) is 28.5. The Labute approximate surface area is 299 Å². The average Bonchev–Trinajstić information content (AvgIpc) is 3.73. The van der Waals surface area contributed by atoms with Crippen LogP contribution in [0.15, 0.2) is 176 Å². The van der Waals surface area contributed by atoms with Crippen LogP contribution >= 0.6 is 11.3 Å². The minimum Gasteiger partial charge on any atom is -0.456 e. The van der Waals surface area contributed by atoms with Gasteiger partial charge in [-0.3, -0.25) is 0 Å². The molecule has 1 spiro atoms. The lowest BCUT2D eigenvalue weighted by atomic mass is 9.66. The SMILES string of the molecule is c1ccc(-c2cc(-c3ccccc3)nc(-c3cccc4c3sc3ccc5c(c34)Oc3ccccc3C53c4ccccc4-c4ccccc43)c2)cc1. The fourth-order valence-corrected chi connectivity index (χ4v) is 9.84. The second kappa shape index (κ2) is 10.9. The molecule has 0 fully saturated rings. The van der Waals surface area contributed by atoms with Crippen molar-refractivity contribution in [3.8, 4) is 56.3 Å². The third kappa shape index (κ3) is 4.01. The molecule has 0 atom stereocenters. The third-order valence-electron chi connectivity index (χ3n) is 10.8. The van der Waals surface area contributed by atoms with E-state index in [1.165, 1.54) is 53.7 Å². The molecule has 0 amide bonds. The molecule has 3 heterocycles. The molecule has 1 aliphatic carbocycles. The topological polar surface area (TPSA) is 22.1 Å². The third-order valence-corrected chi connectivity index (χ3v) is 12.0. The van der Waals surface area contributed by atoms with Gasteiger partial charge in [-0.05, 0) is 57.6 Å². The van der Waals surface area contributed by atoms with E-state index >= 15 is 0 Å². The van der Waals surface area contributed by atoms with Crippen LogP contribution in [0.2, 0.25) is 0 Å². The van der Waals surface area contributed by atoms with Gasteiger partial charge in [-0.2, -0.15) is 0 Å². The van der Waals surface area contributed by atoms with Crippen molar-refractivity contribution in [2.24, 2.45) is 0 Å². The van der Waals surface area contributed by atoms with E-state index in [9.17, 15) is 0 Å². The first-order chi connectivity index (χ1) is 25.3. The van der Waals surface area contributed by atoms with E-state index < -0.39 is 5.41 Å². The lowest BCUT2D eigenvalue weighted by Gasteiger charge is -2.39. The average molecular weight is 668 g/mol. The molecule has 9 aromatic rings. The molecule has 3 heteroatoms. The van der Waals surface area contributed by atoms with Gasteiger partial charge in [0, 0.05) is 42.4 Å². The second-order valence-electron chi connectivity index (χ2n) is 13.4.